The standard InChI is InChI=1S/C20H22O3.C17H23NO3/c1-20(2,19(21)22)23-16-12-10-15(11-13-16)18-9-5-7-14-6-3-4-8-17(14)18;1-18-13-7-8-14(18)10-15(9-13)21-17(20)16(11-19)12-5-3-2-4-6-12/h3-4,6,8,10-13,18H,5,7,9H2,1-2H3,(H,21,22);2-6,13-16,19H,7-11H2,1H3/t;13-,14+,15?,16?. The monoisotopic (exact) mass is 599 g/mol. The van der Waals surface area contributed by atoms with E-state index in [1.54, 1.807) is 13.8 Å². The lowest BCUT2D eigenvalue weighted by atomic mass is 9.79. The van der Waals surface area contributed by atoms with E-state index in [2.05, 4.69) is 48.3 Å². The molecule has 0 spiro atoms. The molecule has 2 N–H and O–H groups in total. The maximum atomic E-state index is 12.4. The number of ether oxygens (including phenoxy) is 2. The number of aliphatic carboxylic acids is 1. The van der Waals surface area contributed by atoms with Crippen LogP contribution in [0.2, 0.25) is 0 Å². The zero-order chi connectivity index (χ0) is 31.3. The summed E-state index contributed by atoms with van der Waals surface area (Å²) in [6.45, 7) is 2.91. The van der Waals surface area contributed by atoms with Gasteiger partial charge < -0.3 is 24.6 Å². The highest BCUT2D eigenvalue weighted by Gasteiger charge is 2.40. The van der Waals surface area contributed by atoms with E-state index in [4.69, 9.17) is 14.6 Å². The Morgan fingerprint density at radius 1 is 0.909 bits per heavy atom. The van der Waals surface area contributed by atoms with Gasteiger partial charge in [0.2, 0.25) is 0 Å². The lowest BCUT2D eigenvalue weighted by molar-refractivity contribution is -0.155. The number of carboxylic acids is 1. The first-order valence-corrected chi connectivity index (χ1v) is 15.8. The highest BCUT2D eigenvalue weighted by atomic mass is 16.5. The number of rotatable bonds is 8. The van der Waals surface area contributed by atoms with E-state index >= 15 is 0 Å². The lowest BCUT2D eigenvalue weighted by Gasteiger charge is -2.36. The first-order valence-electron chi connectivity index (χ1n) is 15.8. The topological polar surface area (TPSA) is 96.3 Å². The van der Waals surface area contributed by atoms with Gasteiger partial charge in [0.15, 0.2) is 5.60 Å². The molecule has 2 fully saturated rings. The number of nitrogens with zero attached hydrogens (tertiary/aromatic N) is 1. The van der Waals surface area contributed by atoms with Gasteiger partial charge in [-0.2, -0.15) is 0 Å². The Bertz CT molecular complexity index is 1390. The number of benzene rings is 3. The van der Waals surface area contributed by atoms with Crippen molar-refractivity contribution in [1.82, 2.24) is 4.90 Å². The normalized spacial score (nSPS) is 23.5. The quantitative estimate of drug-likeness (QED) is 0.292. The summed E-state index contributed by atoms with van der Waals surface area (Å²) < 4.78 is 11.3. The average molecular weight is 600 g/mol. The molecule has 0 saturated carbocycles. The van der Waals surface area contributed by atoms with Gasteiger partial charge in [-0.15, -0.1) is 0 Å². The Hall–Kier alpha value is -3.68. The molecule has 5 atom stereocenters. The lowest BCUT2D eigenvalue weighted by Crippen LogP contribution is -2.43. The minimum atomic E-state index is -1.22. The summed E-state index contributed by atoms with van der Waals surface area (Å²) in [4.78, 5) is 25.9. The van der Waals surface area contributed by atoms with E-state index in [0.29, 0.717) is 23.8 Å². The summed E-state index contributed by atoms with van der Waals surface area (Å²) in [5.74, 6) is -0.823. The summed E-state index contributed by atoms with van der Waals surface area (Å²) in [6.07, 6.45) is 7.76. The molecule has 2 saturated heterocycles. The molecule has 7 heteroatoms. The van der Waals surface area contributed by atoms with Gasteiger partial charge in [0.25, 0.3) is 0 Å². The molecule has 0 aromatic heterocycles. The molecule has 0 amide bonds. The van der Waals surface area contributed by atoms with Crippen molar-refractivity contribution in [3.63, 3.8) is 0 Å². The number of aryl methyl sites for hydroxylation is 1. The van der Waals surface area contributed by atoms with Gasteiger partial charge in [-0.05, 0) is 100 Å². The highest BCUT2D eigenvalue weighted by molar-refractivity contribution is 5.78. The highest BCUT2D eigenvalue weighted by Crippen LogP contribution is 2.38. The Morgan fingerprint density at radius 2 is 1.55 bits per heavy atom. The van der Waals surface area contributed by atoms with Gasteiger partial charge in [-0.1, -0.05) is 66.7 Å². The van der Waals surface area contributed by atoms with Crippen LogP contribution >= 0.6 is 0 Å². The molecular formula is C37H45NO6. The maximum Gasteiger partial charge on any atom is 0.347 e. The Labute approximate surface area is 260 Å². The van der Waals surface area contributed by atoms with Crippen LogP contribution in [0.1, 0.15) is 86.5 Å². The van der Waals surface area contributed by atoms with Crippen LogP contribution in [0.5, 0.6) is 5.75 Å². The molecule has 1 aliphatic carbocycles. The van der Waals surface area contributed by atoms with Crippen LogP contribution in [-0.4, -0.2) is 64.5 Å². The van der Waals surface area contributed by atoms with Crippen molar-refractivity contribution in [2.75, 3.05) is 13.7 Å². The molecule has 2 heterocycles. The van der Waals surface area contributed by atoms with Crippen LogP contribution in [0.3, 0.4) is 0 Å². The van der Waals surface area contributed by atoms with E-state index in [-0.39, 0.29) is 18.7 Å². The minimum absolute atomic E-state index is 0.00367. The molecule has 44 heavy (non-hydrogen) atoms. The number of carboxylic acid groups (broad SMARTS) is 1. The van der Waals surface area contributed by atoms with E-state index in [0.717, 1.165) is 31.2 Å². The second-order valence-electron chi connectivity index (χ2n) is 12.9. The number of aliphatic hydroxyl groups excluding tert-OH is 1. The van der Waals surface area contributed by atoms with Crippen LogP contribution in [0.4, 0.5) is 0 Å². The fourth-order valence-corrected chi connectivity index (χ4v) is 6.91. The number of fused-ring (bicyclic) bond motifs is 3. The predicted octanol–water partition coefficient (Wildman–Crippen LogP) is 6.33. The molecule has 3 aromatic rings. The van der Waals surface area contributed by atoms with Gasteiger partial charge in [0, 0.05) is 18.0 Å². The van der Waals surface area contributed by atoms with Gasteiger partial charge in [-0.25, -0.2) is 4.79 Å². The van der Waals surface area contributed by atoms with E-state index in [1.807, 2.05) is 42.5 Å². The van der Waals surface area contributed by atoms with Crippen LogP contribution in [0.25, 0.3) is 0 Å². The van der Waals surface area contributed by atoms with Gasteiger partial charge >= 0.3 is 11.9 Å². The second kappa shape index (κ2) is 14.0. The van der Waals surface area contributed by atoms with Crippen LogP contribution in [0, 0.1) is 0 Å². The molecule has 234 valence electrons. The van der Waals surface area contributed by atoms with Crippen LogP contribution < -0.4 is 4.74 Å². The molecule has 3 aliphatic rings. The van der Waals surface area contributed by atoms with Crippen molar-refractivity contribution in [3.8, 4) is 5.75 Å². The fraction of sp³-hybridized carbons (Fsp3) is 0.459. The molecule has 7 nitrogen and oxygen atoms in total. The summed E-state index contributed by atoms with van der Waals surface area (Å²) in [7, 11) is 2.17. The van der Waals surface area contributed by atoms with Gasteiger partial charge in [-0.3, -0.25) is 4.79 Å². The van der Waals surface area contributed by atoms with Crippen molar-refractivity contribution in [2.24, 2.45) is 0 Å². The first-order chi connectivity index (χ1) is 21.2. The Balaban J connectivity index is 0.000000175. The number of aliphatic hydroxyl groups is 1. The van der Waals surface area contributed by atoms with Crippen molar-refractivity contribution < 1.29 is 29.3 Å². The molecule has 6 rings (SSSR count). The van der Waals surface area contributed by atoms with E-state index in [9.17, 15) is 14.7 Å². The summed E-state index contributed by atoms with van der Waals surface area (Å²) >= 11 is 0. The van der Waals surface area contributed by atoms with E-state index in [1.165, 1.54) is 36.0 Å². The summed E-state index contributed by atoms with van der Waals surface area (Å²) in [5.41, 5.74) is 3.71. The third-order valence-electron chi connectivity index (χ3n) is 9.55. The Morgan fingerprint density at radius 3 is 2.18 bits per heavy atom. The predicted molar refractivity (Wildman–Crippen MR) is 170 cm³/mol. The Kier molecular flexibility index (Phi) is 10.1. The fourth-order valence-electron chi connectivity index (χ4n) is 6.91. The van der Waals surface area contributed by atoms with Crippen molar-refractivity contribution in [1.29, 1.82) is 0 Å². The van der Waals surface area contributed by atoms with Gasteiger partial charge in [0.1, 0.15) is 17.8 Å². The van der Waals surface area contributed by atoms with Crippen molar-refractivity contribution >= 4 is 11.9 Å². The minimum Gasteiger partial charge on any atom is -0.478 e. The number of hydrogen-bond donors (Lipinski definition) is 2. The smallest absolute Gasteiger partial charge is 0.347 e. The SMILES string of the molecule is CC(C)(Oc1ccc(C2CCCc3ccccc32)cc1)C(=O)O.CN1[C@@H]2CC[C@H]1CC(OC(=O)C(CO)c1ccccc1)C2. The number of esters is 1. The van der Waals surface area contributed by atoms with Crippen LogP contribution in [-0.2, 0) is 20.7 Å². The molecule has 2 bridgehead atoms. The summed E-state index contributed by atoms with van der Waals surface area (Å²) in [5, 5.41) is 18.7. The van der Waals surface area contributed by atoms with Crippen LogP contribution in [0.15, 0.2) is 78.9 Å². The zero-order valence-corrected chi connectivity index (χ0v) is 26.0. The third kappa shape index (κ3) is 7.33. The molecule has 0 radical (unpaired) electrons. The number of carbonyl (C=O) groups excluding carboxylic acids is 1. The summed E-state index contributed by atoms with van der Waals surface area (Å²) in [6, 6.07) is 27.0. The van der Waals surface area contributed by atoms with E-state index < -0.39 is 17.5 Å². The number of hydrogen-bond acceptors (Lipinski definition) is 6. The molecule has 3 unspecified atom stereocenters. The molecule has 2 aliphatic heterocycles. The van der Waals surface area contributed by atoms with Crippen molar-refractivity contribution in [3.05, 3.63) is 101 Å². The third-order valence-corrected chi connectivity index (χ3v) is 9.55. The van der Waals surface area contributed by atoms with Gasteiger partial charge in [0.05, 0.1) is 6.61 Å². The maximum absolute atomic E-state index is 12.4. The number of piperidine rings is 1. The zero-order valence-electron chi connectivity index (χ0n) is 26.0. The number of carbonyl (C=O) groups is 2. The second-order valence-corrected chi connectivity index (χ2v) is 12.9. The largest absolute Gasteiger partial charge is 0.478 e. The first kappa shape index (κ1) is 31.7. The average Bonchev–Trinajstić information content (AvgIpc) is 3.21. The molecule has 3 aromatic carbocycles. The van der Waals surface area contributed by atoms with Crippen molar-refractivity contribution in [2.45, 2.75) is 94.4 Å². The molecular weight excluding hydrogens is 554 g/mol.